The molecule has 0 aliphatic carbocycles. The van der Waals surface area contributed by atoms with Crippen LogP contribution in [0.3, 0.4) is 0 Å². The van der Waals surface area contributed by atoms with Gasteiger partial charge in [0.2, 0.25) is 0 Å². The third kappa shape index (κ3) is 13.4. The van der Waals surface area contributed by atoms with Crippen LogP contribution < -0.4 is 69.3 Å². The van der Waals surface area contributed by atoms with Gasteiger partial charge in [0, 0.05) is 5.92 Å². The van der Waals surface area contributed by atoms with Gasteiger partial charge in [-0.15, -0.1) is 0 Å². The van der Waals surface area contributed by atoms with E-state index in [1.165, 1.54) is 19.3 Å². The summed E-state index contributed by atoms with van der Waals surface area (Å²) in [4.78, 5) is 21.5. The van der Waals surface area contributed by atoms with Gasteiger partial charge in [-0.1, -0.05) is 59.8 Å². The minimum atomic E-state index is -1.54. The normalized spacial score (nSPS) is 13.2. The minimum Gasteiger partial charge on any atom is -0.549 e. The number of carbonyl (C=O) groups excluding carboxylic acids is 2. The number of carbonyl (C=O) groups is 2. The van der Waals surface area contributed by atoms with Gasteiger partial charge < -0.3 is 19.8 Å². The van der Waals surface area contributed by atoms with Crippen LogP contribution in [0.25, 0.3) is 0 Å². The zero-order chi connectivity index (χ0) is 15.7. The van der Waals surface area contributed by atoms with Gasteiger partial charge in [0.05, 0.1) is 11.9 Å². The van der Waals surface area contributed by atoms with E-state index in [-0.39, 0.29) is 59.1 Å². The zero-order valence-electron chi connectivity index (χ0n) is 15.2. The molecule has 0 radical (unpaired) electrons. The second-order valence-electron chi connectivity index (χ2n) is 6.45. The average Bonchev–Trinajstić information content (AvgIpc) is 2.27. The Morgan fingerprint density at radius 1 is 0.773 bits per heavy atom. The summed E-state index contributed by atoms with van der Waals surface area (Å²) in [5.74, 6) is -3.68. The first-order valence-electron chi connectivity index (χ1n) is 7.67. The van der Waals surface area contributed by atoms with E-state index < -0.39 is 23.8 Å². The molecule has 0 saturated heterocycles. The van der Waals surface area contributed by atoms with Crippen molar-refractivity contribution in [3.8, 4) is 0 Å². The molecule has 0 aromatic rings. The number of carboxylic acids is 2. The fourth-order valence-electron chi connectivity index (χ4n) is 2.53. The van der Waals surface area contributed by atoms with E-state index in [4.69, 9.17) is 0 Å². The van der Waals surface area contributed by atoms with E-state index in [0.717, 1.165) is 18.8 Å². The van der Waals surface area contributed by atoms with Crippen molar-refractivity contribution in [2.24, 2.45) is 23.7 Å². The zero-order valence-corrected chi connectivity index (χ0v) is 19.2. The van der Waals surface area contributed by atoms with Crippen LogP contribution in [0, 0.1) is 23.7 Å². The van der Waals surface area contributed by atoms with E-state index in [1.54, 1.807) is 6.92 Å². The molecule has 0 aliphatic rings. The molecule has 118 valence electrons. The van der Waals surface area contributed by atoms with E-state index in [1.807, 2.05) is 0 Å². The van der Waals surface area contributed by atoms with Crippen molar-refractivity contribution < 1.29 is 78.9 Å². The fraction of sp³-hybridized carbons (Fsp3) is 0.875. The maximum atomic E-state index is 10.8. The van der Waals surface area contributed by atoms with Crippen LogP contribution in [0.2, 0.25) is 0 Å². The Bertz CT molecular complexity index is 295. The smallest absolute Gasteiger partial charge is 0.549 e. The summed E-state index contributed by atoms with van der Waals surface area (Å²) in [6.45, 7) is 8.26. The standard InChI is InChI=1S/C16H30O4.2Na/c1-11(2)7-5-8-12(3)9-6-10-13(4)14(15(17)18)16(19)20;;/h11-14H,5-10H2,1-4H3,(H,17,18)(H,19,20);;/q;2*+1/p-2. The van der Waals surface area contributed by atoms with Crippen molar-refractivity contribution in [3.63, 3.8) is 0 Å². The molecule has 0 fully saturated rings. The van der Waals surface area contributed by atoms with Crippen LogP contribution in [0.5, 0.6) is 0 Å². The molecular weight excluding hydrogens is 302 g/mol. The summed E-state index contributed by atoms with van der Waals surface area (Å²) in [6, 6.07) is 0. The van der Waals surface area contributed by atoms with E-state index in [0.29, 0.717) is 12.3 Å². The summed E-state index contributed by atoms with van der Waals surface area (Å²) in [5.41, 5.74) is 0. The molecule has 0 rings (SSSR count). The molecule has 0 bridgehead atoms. The number of rotatable bonds is 11. The second-order valence-corrected chi connectivity index (χ2v) is 6.45. The summed E-state index contributed by atoms with van der Waals surface area (Å²) in [7, 11) is 0. The Morgan fingerprint density at radius 3 is 1.55 bits per heavy atom. The third-order valence-electron chi connectivity index (χ3n) is 3.91. The van der Waals surface area contributed by atoms with E-state index in [2.05, 4.69) is 20.8 Å². The Hall–Kier alpha value is 0.940. The molecule has 0 heterocycles. The predicted molar refractivity (Wildman–Crippen MR) is 74.4 cm³/mol. The van der Waals surface area contributed by atoms with Crippen LogP contribution >= 0.6 is 0 Å². The summed E-state index contributed by atoms with van der Waals surface area (Å²) in [5, 5.41) is 21.5. The molecule has 2 atom stereocenters. The van der Waals surface area contributed by atoms with Crippen molar-refractivity contribution in [2.45, 2.75) is 66.2 Å². The molecular formula is C16H28Na2O4. The van der Waals surface area contributed by atoms with Crippen molar-refractivity contribution in [1.29, 1.82) is 0 Å². The topological polar surface area (TPSA) is 80.3 Å². The molecule has 0 amide bonds. The number of hydrogen-bond acceptors (Lipinski definition) is 4. The number of carboxylic acid groups (broad SMARTS) is 2. The first kappa shape index (κ1) is 27.8. The molecule has 22 heavy (non-hydrogen) atoms. The molecule has 2 unspecified atom stereocenters. The second kappa shape index (κ2) is 15.5. The molecule has 0 N–H and O–H groups in total. The summed E-state index contributed by atoms with van der Waals surface area (Å²) >= 11 is 0. The quantitative estimate of drug-likeness (QED) is 0.282. The van der Waals surface area contributed by atoms with E-state index >= 15 is 0 Å². The Kier molecular flexibility index (Phi) is 19.5. The first-order chi connectivity index (χ1) is 9.25. The van der Waals surface area contributed by atoms with Crippen molar-refractivity contribution in [3.05, 3.63) is 0 Å². The minimum absolute atomic E-state index is 0. The number of aliphatic carboxylic acids is 2. The Morgan fingerprint density at radius 2 is 1.18 bits per heavy atom. The molecule has 0 spiro atoms. The molecule has 6 heteroatoms. The van der Waals surface area contributed by atoms with Gasteiger partial charge in [0.25, 0.3) is 0 Å². The molecule has 0 aromatic carbocycles. The van der Waals surface area contributed by atoms with Crippen molar-refractivity contribution in [1.82, 2.24) is 0 Å². The fourth-order valence-corrected chi connectivity index (χ4v) is 2.53. The third-order valence-corrected chi connectivity index (χ3v) is 3.91. The molecule has 4 nitrogen and oxygen atoms in total. The van der Waals surface area contributed by atoms with Crippen LogP contribution in [-0.2, 0) is 9.59 Å². The average molecular weight is 330 g/mol. The van der Waals surface area contributed by atoms with Gasteiger partial charge >= 0.3 is 59.1 Å². The SMILES string of the molecule is CC(C)CCCC(C)CCCC(C)C(C(=O)[O-])C(=O)[O-].[Na+].[Na+]. The van der Waals surface area contributed by atoms with Gasteiger partial charge in [-0.3, -0.25) is 0 Å². The summed E-state index contributed by atoms with van der Waals surface area (Å²) in [6.07, 6.45) is 6.07. The maximum Gasteiger partial charge on any atom is 1.00 e. The van der Waals surface area contributed by atoms with Gasteiger partial charge in [-0.05, 0) is 24.2 Å². The van der Waals surface area contributed by atoms with Crippen LogP contribution in [0.1, 0.15) is 66.2 Å². The van der Waals surface area contributed by atoms with Crippen molar-refractivity contribution >= 4 is 11.9 Å². The monoisotopic (exact) mass is 330 g/mol. The molecule has 0 aliphatic heterocycles. The Labute approximate surface area is 179 Å². The summed E-state index contributed by atoms with van der Waals surface area (Å²) < 4.78 is 0. The largest absolute Gasteiger partial charge is 1.00 e. The first-order valence-corrected chi connectivity index (χ1v) is 7.67. The van der Waals surface area contributed by atoms with E-state index in [9.17, 15) is 19.8 Å². The van der Waals surface area contributed by atoms with Gasteiger partial charge in [0.15, 0.2) is 0 Å². The van der Waals surface area contributed by atoms with Crippen LogP contribution in [0.4, 0.5) is 0 Å². The predicted octanol–water partition coefficient (Wildman–Crippen LogP) is -4.62. The molecule has 0 saturated carbocycles. The van der Waals surface area contributed by atoms with Gasteiger partial charge in [-0.25, -0.2) is 0 Å². The van der Waals surface area contributed by atoms with Gasteiger partial charge in [0.1, 0.15) is 0 Å². The number of hydrogen-bond donors (Lipinski definition) is 0. The van der Waals surface area contributed by atoms with Gasteiger partial charge in [-0.2, -0.15) is 0 Å². The Balaban J connectivity index is -0.00000180. The van der Waals surface area contributed by atoms with Crippen molar-refractivity contribution in [2.75, 3.05) is 0 Å². The van der Waals surface area contributed by atoms with Crippen LogP contribution in [0.15, 0.2) is 0 Å². The maximum absolute atomic E-state index is 10.8. The molecule has 0 aromatic heterocycles. The van der Waals surface area contributed by atoms with Crippen LogP contribution in [-0.4, -0.2) is 11.9 Å².